The minimum atomic E-state index is -0.506. The first-order chi connectivity index (χ1) is 8.99. The Labute approximate surface area is 126 Å². The Morgan fingerprint density at radius 3 is 2.32 bits per heavy atom. The molecule has 0 amide bonds. The maximum absolute atomic E-state index is 10.7. The number of nitrogens with zero attached hydrogens (tertiary/aromatic N) is 1. The standard InChI is InChI=1S/C12H9Br2N3O2/c13-8-2-1-3-9(14)12(8)16-7-4-5-11(17(18)19)10(15)6-7/h1-6,16H,15H2. The van der Waals surface area contributed by atoms with Gasteiger partial charge in [0.2, 0.25) is 0 Å². The minimum absolute atomic E-state index is 0.100. The van der Waals surface area contributed by atoms with Gasteiger partial charge in [0.15, 0.2) is 0 Å². The molecule has 0 bridgehead atoms. The molecule has 0 aliphatic heterocycles. The molecule has 0 radical (unpaired) electrons. The third-order valence-electron chi connectivity index (χ3n) is 2.46. The Kier molecular flexibility index (Phi) is 4.06. The van der Waals surface area contributed by atoms with Gasteiger partial charge in [0.25, 0.3) is 5.69 Å². The molecule has 0 heterocycles. The van der Waals surface area contributed by atoms with E-state index < -0.39 is 4.92 Å². The summed E-state index contributed by atoms with van der Waals surface area (Å²) in [6.07, 6.45) is 0. The smallest absolute Gasteiger partial charge is 0.292 e. The molecule has 0 aliphatic carbocycles. The van der Waals surface area contributed by atoms with Crippen LogP contribution < -0.4 is 11.1 Å². The van der Waals surface area contributed by atoms with Crippen LogP contribution in [0.4, 0.5) is 22.7 Å². The molecule has 0 spiro atoms. The second kappa shape index (κ2) is 5.58. The topological polar surface area (TPSA) is 81.2 Å². The highest BCUT2D eigenvalue weighted by atomic mass is 79.9. The van der Waals surface area contributed by atoms with E-state index in [0.29, 0.717) is 5.69 Å². The van der Waals surface area contributed by atoms with E-state index in [2.05, 4.69) is 37.2 Å². The molecule has 0 aromatic heterocycles. The number of nitrogen functional groups attached to an aromatic ring is 1. The molecule has 0 fully saturated rings. The summed E-state index contributed by atoms with van der Waals surface area (Å²) >= 11 is 6.86. The Morgan fingerprint density at radius 2 is 1.79 bits per heavy atom. The zero-order valence-corrected chi connectivity index (χ0v) is 12.7. The van der Waals surface area contributed by atoms with E-state index in [1.165, 1.54) is 12.1 Å². The summed E-state index contributed by atoms with van der Waals surface area (Å²) in [5.74, 6) is 0. The van der Waals surface area contributed by atoms with E-state index in [9.17, 15) is 10.1 Å². The Hall–Kier alpha value is -1.60. The van der Waals surface area contributed by atoms with Gasteiger partial charge in [-0.15, -0.1) is 0 Å². The summed E-state index contributed by atoms with van der Waals surface area (Å²) in [5, 5.41) is 13.8. The van der Waals surface area contributed by atoms with E-state index in [4.69, 9.17) is 5.73 Å². The molecule has 3 N–H and O–H groups in total. The zero-order valence-electron chi connectivity index (χ0n) is 9.56. The quantitative estimate of drug-likeness (QED) is 0.464. The number of nitro groups is 1. The lowest BCUT2D eigenvalue weighted by Gasteiger charge is -2.11. The highest BCUT2D eigenvalue weighted by molar-refractivity contribution is 9.11. The number of halogens is 2. The van der Waals surface area contributed by atoms with Gasteiger partial charge in [0, 0.05) is 20.7 Å². The molecule has 2 aromatic carbocycles. The molecule has 0 atom stereocenters. The minimum Gasteiger partial charge on any atom is -0.393 e. The molecule has 19 heavy (non-hydrogen) atoms. The lowest BCUT2D eigenvalue weighted by molar-refractivity contribution is -0.383. The number of hydrogen-bond acceptors (Lipinski definition) is 4. The van der Waals surface area contributed by atoms with Crippen molar-refractivity contribution in [3.8, 4) is 0 Å². The molecule has 2 aromatic rings. The van der Waals surface area contributed by atoms with Gasteiger partial charge in [0.1, 0.15) is 5.69 Å². The highest BCUT2D eigenvalue weighted by Gasteiger charge is 2.12. The average Bonchev–Trinajstić information content (AvgIpc) is 2.33. The van der Waals surface area contributed by atoms with Crippen molar-refractivity contribution >= 4 is 54.6 Å². The summed E-state index contributed by atoms with van der Waals surface area (Å²) < 4.78 is 1.75. The number of anilines is 3. The number of para-hydroxylation sites is 1. The summed E-state index contributed by atoms with van der Waals surface area (Å²) in [7, 11) is 0. The molecular formula is C12H9Br2N3O2. The number of rotatable bonds is 3. The van der Waals surface area contributed by atoms with Crippen LogP contribution in [0.5, 0.6) is 0 Å². The predicted molar refractivity (Wildman–Crippen MR) is 82.6 cm³/mol. The van der Waals surface area contributed by atoms with Crippen LogP contribution in [0, 0.1) is 10.1 Å². The third-order valence-corrected chi connectivity index (χ3v) is 3.78. The van der Waals surface area contributed by atoms with Crippen molar-refractivity contribution in [2.45, 2.75) is 0 Å². The van der Waals surface area contributed by atoms with Gasteiger partial charge < -0.3 is 11.1 Å². The van der Waals surface area contributed by atoms with Crippen molar-refractivity contribution in [1.82, 2.24) is 0 Å². The van der Waals surface area contributed by atoms with Gasteiger partial charge in [-0.25, -0.2) is 0 Å². The number of hydrogen-bond donors (Lipinski definition) is 2. The van der Waals surface area contributed by atoms with Crippen LogP contribution in [0.1, 0.15) is 0 Å². The summed E-state index contributed by atoms with van der Waals surface area (Å²) in [6.45, 7) is 0. The van der Waals surface area contributed by atoms with Gasteiger partial charge in [-0.3, -0.25) is 10.1 Å². The average molecular weight is 387 g/mol. The first-order valence-corrected chi connectivity index (χ1v) is 6.82. The number of nitrogens with one attached hydrogen (secondary N) is 1. The lowest BCUT2D eigenvalue weighted by atomic mass is 10.2. The van der Waals surface area contributed by atoms with Gasteiger partial charge in [-0.2, -0.15) is 0 Å². The van der Waals surface area contributed by atoms with Crippen LogP contribution in [0.3, 0.4) is 0 Å². The van der Waals surface area contributed by atoms with E-state index >= 15 is 0 Å². The molecule has 2 rings (SSSR count). The summed E-state index contributed by atoms with van der Waals surface area (Å²) in [6, 6.07) is 10.2. The molecular weight excluding hydrogens is 378 g/mol. The molecule has 0 saturated carbocycles. The number of nitrogens with two attached hydrogens (primary N) is 1. The van der Waals surface area contributed by atoms with E-state index in [1.54, 1.807) is 6.07 Å². The first-order valence-electron chi connectivity index (χ1n) is 5.24. The van der Waals surface area contributed by atoms with Crippen LogP contribution in [0.15, 0.2) is 45.3 Å². The van der Waals surface area contributed by atoms with Crippen LogP contribution in [0.25, 0.3) is 0 Å². The third kappa shape index (κ3) is 3.05. The van der Waals surface area contributed by atoms with E-state index in [-0.39, 0.29) is 11.4 Å². The molecule has 5 nitrogen and oxygen atoms in total. The maximum atomic E-state index is 10.7. The van der Waals surface area contributed by atoms with Crippen LogP contribution in [-0.4, -0.2) is 4.92 Å². The van der Waals surface area contributed by atoms with Gasteiger partial charge in [-0.05, 0) is 56.1 Å². The number of benzene rings is 2. The fraction of sp³-hybridized carbons (Fsp3) is 0. The van der Waals surface area contributed by atoms with E-state index in [0.717, 1.165) is 14.6 Å². The van der Waals surface area contributed by atoms with Crippen molar-refractivity contribution in [1.29, 1.82) is 0 Å². The second-order valence-electron chi connectivity index (χ2n) is 3.75. The summed E-state index contributed by atoms with van der Waals surface area (Å²) in [4.78, 5) is 10.2. The lowest BCUT2D eigenvalue weighted by Crippen LogP contribution is -1.98. The van der Waals surface area contributed by atoms with Crippen molar-refractivity contribution in [2.24, 2.45) is 0 Å². The monoisotopic (exact) mass is 385 g/mol. The maximum Gasteiger partial charge on any atom is 0.292 e. The van der Waals surface area contributed by atoms with Gasteiger partial charge in [0.05, 0.1) is 10.6 Å². The molecule has 7 heteroatoms. The van der Waals surface area contributed by atoms with Crippen LogP contribution in [-0.2, 0) is 0 Å². The molecule has 0 saturated heterocycles. The van der Waals surface area contributed by atoms with Crippen LogP contribution >= 0.6 is 31.9 Å². The normalized spacial score (nSPS) is 10.2. The fourth-order valence-electron chi connectivity index (χ4n) is 1.56. The highest BCUT2D eigenvalue weighted by Crippen LogP contribution is 2.34. The first kappa shape index (κ1) is 13.8. The molecule has 0 unspecified atom stereocenters. The fourth-order valence-corrected chi connectivity index (χ4v) is 2.76. The Bertz CT molecular complexity index is 627. The van der Waals surface area contributed by atoms with Gasteiger partial charge in [-0.1, -0.05) is 6.07 Å². The SMILES string of the molecule is Nc1cc(Nc2c(Br)cccc2Br)ccc1[N+](=O)[O-]. The zero-order chi connectivity index (χ0) is 14.0. The molecule has 98 valence electrons. The van der Waals surface area contributed by atoms with Crippen molar-refractivity contribution in [3.05, 3.63) is 55.5 Å². The van der Waals surface area contributed by atoms with Crippen LogP contribution in [0.2, 0.25) is 0 Å². The Balaban J connectivity index is 2.34. The Morgan fingerprint density at radius 1 is 1.16 bits per heavy atom. The number of nitro benzene ring substituents is 1. The molecule has 0 aliphatic rings. The van der Waals surface area contributed by atoms with Crippen molar-refractivity contribution < 1.29 is 4.92 Å². The van der Waals surface area contributed by atoms with Gasteiger partial charge >= 0.3 is 0 Å². The van der Waals surface area contributed by atoms with E-state index in [1.807, 2.05) is 18.2 Å². The second-order valence-corrected chi connectivity index (χ2v) is 5.46. The largest absolute Gasteiger partial charge is 0.393 e. The predicted octanol–water partition coefficient (Wildman–Crippen LogP) is 4.45. The van der Waals surface area contributed by atoms with Crippen molar-refractivity contribution in [2.75, 3.05) is 11.1 Å². The van der Waals surface area contributed by atoms with Crippen molar-refractivity contribution in [3.63, 3.8) is 0 Å². The summed E-state index contributed by atoms with van der Waals surface area (Å²) in [5.41, 5.74) is 7.18.